The summed E-state index contributed by atoms with van der Waals surface area (Å²) in [6, 6.07) is 8.36. The van der Waals surface area contributed by atoms with Crippen LogP contribution < -0.4 is 0 Å². The van der Waals surface area contributed by atoms with E-state index in [1.54, 1.807) is 0 Å². The van der Waals surface area contributed by atoms with Crippen molar-refractivity contribution < 1.29 is 0 Å². The summed E-state index contributed by atoms with van der Waals surface area (Å²) >= 11 is 0. The Bertz CT molecular complexity index is 291. The number of hydrogen-bond donors (Lipinski definition) is 0. The standard InChI is InChI=1S/C10H8/c1-2-8-7-9-5-3-4-6-10(8)9/h1,3-6,8H,7H2. The van der Waals surface area contributed by atoms with Crippen molar-refractivity contribution in [3.63, 3.8) is 0 Å². The van der Waals surface area contributed by atoms with Crippen molar-refractivity contribution in [2.75, 3.05) is 0 Å². The van der Waals surface area contributed by atoms with Crippen LogP contribution in [0.25, 0.3) is 0 Å². The number of benzene rings is 1. The second-order valence-electron chi connectivity index (χ2n) is 2.62. The summed E-state index contributed by atoms with van der Waals surface area (Å²) in [5.74, 6) is 3.16. The lowest BCUT2D eigenvalue weighted by atomic mass is 9.78. The van der Waals surface area contributed by atoms with Crippen LogP contribution in [0.3, 0.4) is 0 Å². The first-order valence-electron chi connectivity index (χ1n) is 3.46. The second kappa shape index (κ2) is 1.88. The minimum atomic E-state index is 0.399. The van der Waals surface area contributed by atoms with Crippen LogP contribution in [0.15, 0.2) is 24.3 Å². The fourth-order valence-electron chi connectivity index (χ4n) is 1.41. The van der Waals surface area contributed by atoms with E-state index in [1.807, 2.05) is 6.07 Å². The zero-order valence-electron chi connectivity index (χ0n) is 5.67. The molecule has 0 N–H and O–H groups in total. The van der Waals surface area contributed by atoms with Gasteiger partial charge in [-0.05, 0) is 17.5 Å². The maximum Gasteiger partial charge on any atom is 0.0492 e. The van der Waals surface area contributed by atoms with Crippen LogP contribution in [-0.4, -0.2) is 0 Å². The van der Waals surface area contributed by atoms with Crippen LogP contribution in [0.1, 0.15) is 17.0 Å². The van der Waals surface area contributed by atoms with E-state index in [1.165, 1.54) is 11.1 Å². The average Bonchev–Trinajstić information content (AvgIpc) is 1.92. The summed E-state index contributed by atoms with van der Waals surface area (Å²) in [7, 11) is 0. The fourth-order valence-corrected chi connectivity index (χ4v) is 1.41. The Balaban J connectivity index is 2.45. The van der Waals surface area contributed by atoms with Crippen LogP contribution in [0.2, 0.25) is 0 Å². The summed E-state index contributed by atoms with van der Waals surface area (Å²) in [5.41, 5.74) is 2.77. The second-order valence-corrected chi connectivity index (χ2v) is 2.62. The first-order valence-corrected chi connectivity index (χ1v) is 3.46. The molecule has 10 heavy (non-hydrogen) atoms. The highest BCUT2D eigenvalue weighted by Gasteiger charge is 2.22. The van der Waals surface area contributed by atoms with Crippen molar-refractivity contribution in [1.29, 1.82) is 0 Å². The molecule has 1 aliphatic rings. The van der Waals surface area contributed by atoms with Gasteiger partial charge >= 0.3 is 0 Å². The van der Waals surface area contributed by atoms with Gasteiger partial charge in [0.05, 0.1) is 0 Å². The Morgan fingerprint density at radius 2 is 2.20 bits per heavy atom. The zero-order valence-corrected chi connectivity index (χ0v) is 5.67. The summed E-state index contributed by atoms with van der Waals surface area (Å²) in [5, 5.41) is 0. The van der Waals surface area contributed by atoms with Crippen LogP contribution in [0.5, 0.6) is 0 Å². The number of terminal acetylenes is 1. The Morgan fingerprint density at radius 3 is 2.90 bits per heavy atom. The molecule has 0 bridgehead atoms. The van der Waals surface area contributed by atoms with Crippen molar-refractivity contribution in [1.82, 2.24) is 0 Å². The van der Waals surface area contributed by atoms with Crippen molar-refractivity contribution in [3.05, 3.63) is 35.4 Å². The van der Waals surface area contributed by atoms with E-state index in [9.17, 15) is 0 Å². The molecule has 1 aliphatic carbocycles. The van der Waals surface area contributed by atoms with Crippen LogP contribution in [-0.2, 0) is 6.42 Å². The van der Waals surface area contributed by atoms with Gasteiger partial charge in [0.1, 0.15) is 0 Å². The number of rotatable bonds is 0. The Hall–Kier alpha value is -1.22. The maximum absolute atomic E-state index is 5.30. The SMILES string of the molecule is C#CC1Cc2ccccc21. The van der Waals surface area contributed by atoms with Crippen LogP contribution in [0, 0.1) is 12.3 Å². The summed E-state index contributed by atoms with van der Waals surface area (Å²) in [4.78, 5) is 0. The monoisotopic (exact) mass is 128 g/mol. The Kier molecular flexibility index (Phi) is 1.05. The molecule has 0 heteroatoms. The lowest BCUT2D eigenvalue weighted by Crippen LogP contribution is -2.14. The predicted molar refractivity (Wildman–Crippen MR) is 41.7 cm³/mol. The Labute approximate surface area is 60.9 Å². The van der Waals surface area contributed by atoms with Crippen molar-refractivity contribution in [2.24, 2.45) is 0 Å². The lowest BCUT2D eigenvalue weighted by Gasteiger charge is -2.25. The third-order valence-electron chi connectivity index (χ3n) is 2.06. The molecule has 0 saturated carbocycles. The molecule has 0 heterocycles. The van der Waals surface area contributed by atoms with Gasteiger partial charge in [0.25, 0.3) is 0 Å². The molecule has 48 valence electrons. The maximum atomic E-state index is 5.30. The molecule has 0 radical (unpaired) electrons. The number of hydrogen-bond acceptors (Lipinski definition) is 0. The van der Waals surface area contributed by atoms with Crippen LogP contribution in [0.4, 0.5) is 0 Å². The topological polar surface area (TPSA) is 0 Å². The van der Waals surface area contributed by atoms with Gasteiger partial charge in [0, 0.05) is 5.92 Å². The molecule has 1 unspecified atom stereocenters. The third kappa shape index (κ3) is 0.579. The predicted octanol–water partition coefficient (Wildman–Crippen LogP) is 1.96. The van der Waals surface area contributed by atoms with Gasteiger partial charge in [-0.1, -0.05) is 30.2 Å². The van der Waals surface area contributed by atoms with Gasteiger partial charge in [-0.25, -0.2) is 0 Å². The first kappa shape index (κ1) is 5.56. The van der Waals surface area contributed by atoms with Gasteiger partial charge in [0.15, 0.2) is 0 Å². The quantitative estimate of drug-likeness (QED) is 0.468. The van der Waals surface area contributed by atoms with E-state index in [4.69, 9.17) is 6.42 Å². The molecule has 1 aromatic rings. The molecular weight excluding hydrogens is 120 g/mol. The lowest BCUT2D eigenvalue weighted by molar-refractivity contribution is 0.755. The van der Waals surface area contributed by atoms with E-state index >= 15 is 0 Å². The largest absolute Gasteiger partial charge is 0.119 e. The molecule has 0 fully saturated rings. The number of fused-ring (bicyclic) bond motifs is 1. The van der Waals surface area contributed by atoms with Gasteiger partial charge in [-0.15, -0.1) is 6.42 Å². The fraction of sp³-hybridized carbons (Fsp3) is 0.200. The molecule has 1 aromatic carbocycles. The smallest absolute Gasteiger partial charge is 0.0492 e. The molecule has 0 amide bonds. The normalized spacial score (nSPS) is 20.5. The minimum absolute atomic E-state index is 0.399. The Morgan fingerprint density at radius 1 is 1.40 bits per heavy atom. The summed E-state index contributed by atoms with van der Waals surface area (Å²) in [6.45, 7) is 0. The van der Waals surface area contributed by atoms with Crippen molar-refractivity contribution in [2.45, 2.75) is 12.3 Å². The summed E-state index contributed by atoms with van der Waals surface area (Å²) in [6.07, 6.45) is 6.37. The highest BCUT2D eigenvalue weighted by atomic mass is 14.2. The van der Waals surface area contributed by atoms with E-state index < -0.39 is 0 Å². The third-order valence-corrected chi connectivity index (χ3v) is 2.06. The van der Waals surface area contributed by atoms with Crippen molar-refractivity contribution in [3.8, 4) is 12.3 Å². The highest BCUT2D eigenvalue weighted by molar-refractivity contribution is 5.44. The van der Waals surface area contributed by atoms with E-state index in [-0.39, 0.29) is 0 Å². The van der Waals surface area contributed by atoms with E-state index in [0.29, 0.717) is 5.92 Å². The molecule has 0 saturated heterocycles. The molecule has 0 aliphatic heterocycles. The van der Waals surface area contributed by atoms with Gasteiger partial charge in [-0.2, -0.15) is 0 Å². The molecule has 1 atom stereocenters. The van der Waals surface area contributed by atoms with Crippen LogP contribution >= 0.6 is 0 Å². The van der Waals surface area contributed by atoms with E-state index in [2.05, 4.69) is 24.1 Å². The van der Waals surface area contributed by atoms with E-state index in [0.717, 1.165) is 6.42 Å². The first-order chi connectivity index (χ1) is 4.92. The zero-order chi connectivity index (χ0) is 6.97. The molecule has 0 aromatic heterocycles. The highest BCUT2D eigenvalue weighted by Crippen LogP contribution is 2.33. The van der Waals surface area contributed by atoms with Gasteiger partial charge in [-0.3, -0.25) is 0 Å². The summed E-state index contributed by atoms with van der Waals surface area (Å²) < 4.78 is 0. The molecular formula is C10H8. The van der Waals surface area contributed by atoms with Crippen molar-refractivity contribution >= 4 is 0 Å². The molecule has 0 nitrogen and oxygen atoms in total. The van der Waals surface area contributed by atoms with Gasteiger partial charge < -0.3 is 0 Å². The minimum Gasteiger partial charge on any atom is -0.119 e. The molecule has 2 rings (SSSR count). The molecule has 0 spiro atoms. The van der Waals surface area contributed by atoms with Gasteiger partial charge in [0.2, 0.25) is 0 Å². The average molecular weight is 128 g/mol.